The summed E-state index contributed by atoms with van der Waals surface area (Å²) < 4.78 is 5.03. The minimum absolute atomic E-state index is 0.0481. The van der Waals surface area contributed by atoms with Gasteiger partial charge in [0.15, 0.2) is 0 Å². The van der Waals surface area contributed by atoms with E-state index in [2.05, 4.69) is 5.32 Å². The van der Waals surface area contributed by atoms with E-state index < -0.39 is 5.54 Å². The molecule has 0 fully saturated rings. The Morgan fingerprint density at radius 3 is 2.26 bits per heavy atom. The van der Waals surface area contributed by atoms with E-state index in [1.807, 2.05) is 26.0 Å². The van der Waals surface area contributed by atoms with Crippen molar-refractivity contribution in [2.75, 3.05) is 13.7 Å². The van der Waals surface area contributed by atoms with Crippen molar-refractivity contribution in [1.82, 2.24) is 5.32 Å². The van der Waals surface area contributed by atoms with E-state index in [0.717, 1.165) is 5.56 Å². The minimum Gasteiger partial charge on any atom is -0.394 e. The zero-order valence-electron chi connectivity index (χ0n) is 11.9. The molecule has 0 aromatic heterocycles. The molecule has 4 nitrogen and oxygen atoms in total. The van der Waals surface area contributed by atoms with Crippen molar-refractivity contribution in [3.63, 3.8) is 0 Å². The number of hydrogen-bond donors (Lipinski definition) is 2. The second-order valence-electron chi connectivity index (χ2n) is 4.73. The highest BCUT2D eigenvalue weighted by Gasteiger charge is 2.27. The van der Waals surface area contributed by atoms with Gasteiger partial charge in [-0.2, -0.15) is 0 Å². The van der Waals surface area contributed by atoms with Crippen LogP contribution in [0.3, 0.4) is 0 Å². The van der Waals surface area contributed by atoms with Crippen LogP contribution in [0.1, 0.15) is 42.6 Å². The van der Waals surface area contributed by atoms with Crippen molar-refractivity contribution in [2.24, 2.45) is 0 Å². The standard InChI is InChI=1S/C15H23NO3/c1-4-15(5-2,11-17)16-14(18)13-8-6-12(7-9-13)10-19-3/h6-9,17H,4-5,10-11H2,1-3H3,(H,16,18). The quantitative estimate of drug-likeness (QED) is 0.794. The molecule has 0 spiro atoms. The fourth-order valence-corrected chi connectivity index (χ4v) is 1.92. The van der Waals surface area contributed by atoms with Crippen LogP contribution in [0.25, 0.3) is 0 Å². The van der Waals surface area contributed by atoms with Crippen molar-refractivity contribution in [2.45, 2.75) is 38.8 Å². The number of aliphatic hydroxyl groups excluding tert-OH is 1. The van der Waals surface area contributed by atoms with Gasteiger partial charge < -0.3 is 15.2 Å². The van der Waals surface area contributed by atoms with Crippen molar-refractivity contribution in [3.05, 3.63) is 35.4 Å². The van der Waals surface area contributed by atoms with E-state index in [1.165, 1.54) is 0 Å². The number of aliphatic hydroxyl groups is 1. The summed E-state index contributed by atoms with van der Waals surface area (Å²) in [5.74, 6) is -0.151. The number of methoxy groups -OCH3 is 1. The van der Waals surface area contributed by atoms with Gasteiger partial charge in [-0.1, -0.05) is 26.0 Å². The number of nitrogens with one attached hydrogen (secondary N) is 1. The highest BCUT2D eigenvalue weighted by atomic mass is 16.5. The highest BCUT2D eigenvalue weighted by Crippen LogP contribution is 2.15. The second-order valence-corrected chi connectivity index (χ2v) is 4.73. The minimum atomic E-state index is -0.526. The zero-order chi connectivity index (χ0) is 14.3. The Labute approximate surface area is 114 Å². The van der Waals surface area contributed by atoms with E-state index in [4.69, 9.17) is 4.74 Å². The van der Waals surface area contributed by atoms with E-state index in [9.17, 15) is 9.90 Å². The topological polar surface area (TPSA) is 58.6 Å². The summed E-state index contributed by atoms with van der Waals surface area (Å²) in [5.41, 5.74) is 1.10. The lowest BCUT2D eigenvalue weighted by Crippen LogP contribution is -2.50. The lowest BCUT2D eigenvalue weighted by atomic mass is 9.93. The van der Waals surface area contributed by atoms with E-state index in [0.29, 0.717) is 25.0 Å². The third kappa shape index (κ3) is 4.04. The molecule has 0 aliphatic carbocycles. The molecule has 0 radical (unpaired) electrons. The molecular weight excluding hydrogens is 242 g/mol. The summed E-state index contributed by atoms with van der Waals surface area (Å²) in [5, 5.41) is 12.4. The van der Waals surface area contributed by atoms with Crippen LogP contribution in [0.4, 0.5) is 0 Å². The molecule has 0 bridgehead atoms. The summed E-state index contributed by atoms with van der Waals surface area (Å²) in [6.07, 6.45) is 1.40. The maximum Gasteiger partial charge on any atom is 0.251 e. The maximum atomic E-state index is 12.2. The van der Waals surface area contributed by atoms with Crippen LogP contribution in [0.5, 0.6) is 0 Å². The molecule has 106 valence electrons. The molecular formula is C15H23NO3. The van der Waals surface area contributed by atoms with Gasteiger partial charge in [0, 0.05) is 12.7 Å². The van der Waals surface area contributed by atoms with Crippen LogP contribution in [0, 0.1) is 0 Å². The van der Waals surface area contributed by atoms with Crippen molar-refractivity contribution in [1.29, 1.82) is 0 Å². The average molecular weight is 265 g/mol. The normalized spacial score (nSPS) is 11.4. The SMILES string of the molecule is CCC(CC)(CO)NC(=O)c1ccc(COC)cc1. The van der Waals surface area contributed by atoms with E-state index in [1.54, 1.807) is 19.2 Å². The van der Waals surface area contributed by atoms with Crippen LogP contribution >= 0.6 is 0 Å². The Kier molecular flexibility index (Phi) is 5.99. The lowest BCUT2D eigenvalue weighted by Gasteiger charge is -2.30. The fraction of sp³-hybridized carbons (Fsp3) is 0.533. The summed E-state index contributed by atoms with van der Waals surface area (Å²) in [7, 11) is 1.64. The molecule has 19 heavy (non-hydrogen) atoms. The molecule has 1 aromatic rings. The predicted octanol–water partition coefficient (Wildman–Crippen LogP) is 2.11. The predicted molar refractivity (Wildman–Crippen MR) is 75.0 cm³/mol. The van der Waals surface area contributed by atoms with Crippen molar-refractivity contribution >= 4 is 5.91 Å². The molecule has 0 unspecified atom stereocenters. The first-order chi connectivity index (χ1) is 9.10. The third-order valence-electron chi connectivity index (χ3n) is 3.56. The van der Waals surface area contributed by atoms with Gasteiger partial charge in [0.25, 0.3) is 5.91 Å². The molecule has 0 atom stereocenters. The molecule has 1 rings (SSSR count). The van der Waals surface area contributed by atoms with Crippen LogP contribution in [0.2, 0.25) is 0 Å². The van der Waals surface area contributed by atoms with E-state index >= 15 is 0 Å². The number of hydrogen-bond acceptors (Lipinski definition) is 3. The van der Waals surface area contributed by atoms with Crippen molar-refractivity contribution < 1.29 is 14.6 Å². The Balaban J connectivity index is 2.77. The first kappa shape index (κ1) is 15.7. The Hall–Kier alpha value is -1.39. The van der Waals surface area contributed by atoms with Gasteiger partial charge in [0.1, 0.15) is 0 Å². The summed E-state index contributed by atoms with van der Waals surface area (Å²) in [6, 6.07) is 7.29. The Bertz CT molecular complexity index is 388. The zero-order valence-corrected chi connectivity index (χ0v) is 11.9. The number of carbonyl (C=O) groups is 1. The summed E-state index contributed by atoms with van der Waals surface area (Å²) >= 11 is 0. The van der Waals surface area contributed by atoms with Gasteiger partial charge in [-0.3, -0.25) is 4.79 Å². The Morgan fingerprint density at radius 1 is 1.26 bits per heavy atom. The first-order valence-electron chi connectivity index (χ1n) is 6.62. The van der Waals surface area contributed by atoms with Crippen LogP contribution in [-0.4, -0.2) is 30.3 Å². The van der Waals surface area contributed by atoms with Gasteiger partial charge in [-0.25, -0.2) is 0 Å². The van der Waals surface area contributed by atoms with Crippen molar-refractivity contribution in [3.8, 4) is 0 Å². The number of rotatable bonds is 7. The molecule has 1 aromatic carbocycles. The second kappa shape index (κ2) is 7.26. The number of amides is 1. The number of ether oxygens (including phenoxy) is 1. The van der Waals surface area contributed by atoms with Gasteiger partial charge in [-0.15, -0.1) is 0 Å². The molecule has 0 saturated carbocycles. The Morgan fingerprint density at radius 2 is 1.84 bits per heavy atom. The number of carbonyl (C=O) groups excluding carboxylic acids is 1. The number of benzene rings is 1. The lowest BCUT2D eigenvalue weighted by molar-refractivity contribution is 0.0817. The van der Waals surface area contributed by atoms with Gasteiger partial charge in [0.2, 0.25) is 0 Å². The molecule has 2 N–H and O–H groups in total. The monoisotopic (exact) mass is 265 g/mol. The maximum absolute atomic E-state index is 12.2. The molecule has 0 aliphatic rings. The average Bonchev–Trinajstić information content (AvgIpc) is 2.46. The largest absolute Gasteiger partial charge is 0.394 e. The van der Waals surface area contributed by atoms with Gasteiger partial charge >= 0.3 is 0 Å². The highest BCUT2D eigenvalue weighted by molar-refractivity contribution is 5.94. The molecule has 0 saturated heterocycles. The van der Waals surface area contributed by atoms with E-state index in [-0.39, 0.29) is 12.5 Å². The van der Waals surface area contributed by atoms with Crippen LogP contribution < -0.4 is 5.32 Å². The summed E-state index contributed by atoms with van der Waals surface area (Å²) in [6.45, 7) is 4.41. The molecule has 0 heterocycles. The smallest absolute Gasteiger partial charge is 0.251 e. The third-order valence-corrected chi connectivity index (χ3v) is 3.56. The summed E-state index contributed by atoms with van der Waals surface area (Å²) in [4.78, 5) is 12.2. The molecule has 1 amide bonds. The van der Waals surface area contributed by atoms with Gasteiger partial charge in [-0.05, 0) is 30.5 Å². The van der Waals surface area contributed by atoms with Crippen LogP contribution in [-0.2, 0) is 11.3 Å². The van der Waals surface area contributed by atoms with Gasteiger partial charge in [0.05, 0.1) is 18.8 Å². The van der Waals surface area contributed by atoms with Crippen LogP contribution in [0.15, 0.2) is 24.3 Å². The fourth-order valence-electron chi connectivity index (χ4n) is 1.92. The molecule has 4 heteroatoms. The molecule has 0 aliphatic heterocycles. The first-order valence-corrected chi connectivity index (χ1v) is 6.62.